The highest BCUT2D eigenvalue weighted by Gasteiger charge is 2.40. The highest BCUT2D eigenvalue weighted by atomic mass is 16.5. The molecule has 156 valence electrons. The zero-order valence-corrected chi connectivity index (χ0v) is 18.3. The van der Waals surface area contributed by atoms with E-state index in [0.717, 1.165) is 35.3 Å². The Hall–Kier alpha value is -1.65. The minimum absolute atomic E-state index is 0.0395. The van der Waals surface area contributed by atoms with Gasteiger partial charge in [0.25, 0.3) is 0 Å². The molecule has 1 aliphatic rings. The molecule has 1 aromatic carbocycles. The standard InChI is InChI=1S/C24H36O4/c1-16(2)8-7-9-17(3)22-23(25)18(4)14-21(24(22)27-6)28-15-19-10-12-20(26-5)13-11-19/h10-13,16,18,21,24H,7-9,14-15H2,1-6H3/t18-,21-,24-/m1/s1. The van der Waals surface area contributed by atoms with Gasteiger partial charge in [0, 0.05) is 18.6 Å². The fourth-order valence-corrected chi connectivity index (χ4v) is 3.88. The van der Waals surface area contributed by atoms with E-state index >= 15 is 0 Å². The lowest BCUT2D eigenvalue weighted by atomic mass is 9.78. The van der Waals surface area contributed by atoms with Gasteiger partial charge in [-0.05, 0) is 49.8 Å². The molecule has 1 aliphatic carbocycles. The number of benzene rings is 1. The maximum Gasteiger partial charge on any atom is 0.164 e. The number of carbonyl (C=O) groups excluding carboxylic acids is 1. The second kappa shape index (κ2) is 10.8. The average Bonchev–Trinajstić information content (AvgIpc) is 2.68. The molecule has 0 amide bonds. The van der Waals surface area contributed by atoms with Crippen LogP contribution in [0.2, 0.25) is 0 Å². The number of hydrogen-bond donors (Lipinski definition) is 0. The summed E-state index contributed by atoms with van der Waals surface area (Å²) in [5, 5.41) is 0. The smallest absolute Gasteiger partial charge is 0.164 e. The molecule has 0 aliphatic heterocycles. The summed E-state index contributed by atoms with van der Waals surface area (Å²) in [6, 6.07) is 7.88. The van der Waals surface area contributed by atoms with E-state index in [1.165, 1.54) is 6.42 Å². The predicted molar refractivity (Wildman–Crippen MR) is 113 cm³/mol. The van der Waals surface area contributed by atoms with Crippen molar-refractivity contribution in [3.8, 4) is 5.75 Å². The lowest BCUT2D eigenvalue weighted by Crippen LogP contribution is -2.44. The van der Waals surface area contributed by atoms with Crippen LogP contribution in [0.1, 0.15) is 58.9 Å². The van der Waals surface area contributed by atoms with Crippen molar-refractivity contribution in [3.05, 3.63) is 41.0 Å². The first kappa shape index (κ1) is 22.6. The molecule has 0 unspecified atom stereocenters. The molecular weight excluding hydrogens is 352 g/mol. The van der Waals surface area contributed by atoms with Gasteiger partial charge in [-0.2, -0.15) is 0 Å². The highest BCUT2D eigenvalue weighted by Crippen LogP contribution is 2.33. The van der Waals surface area contributed by atoms with Gasteiger partial charge in [-0.15, -0.1) is 0 Å². The fraction of sp³-hybridized carbons (Fsp3) is 0.625. The maximum absolute atomic E-state index is 12.9. The molecule has 2 rings (SSSR count). The maximum atomic E-state index is 12.9. The Bertz CT molecular complexity index is 660. The number of rotatable bonds is 9. The summed E-state index contributed by atoms with van der Waals surface area (Å²) in [7, 11) is 3.34. The molecule has 0 N–H and O–H groups in total. The molecule has 0 aromatic heterocycles. The topological polar surface area (TPSA) is 44.8 Å². The van der Waals surface area contributed by atoms with Gasteiger partial charge in [0.2, 0.25) is 0 Å². The first-order chi connectivity index (χ1) is 13.4. The van der Waals surface area contributed by atoms with Crippen molar-refractivity contribution in [1.29, 1.82) is 0 Å². The van der Waals surface area contributed by atoms with E-state index in [1.54, 1.807) is 14.2 Å². The van der Waals surface area contributed by atoms with Crippen LogP contribution in [-0.4, -0.2) is 32.2 Å². The predicted octanol–water partition coefficient (Wildman–Crippen LogP) is 5.35. The highest BCUT2D eigenvalue weighted by molar-refractivity contribution is 5.99. The lowest BCUT2D eigenvalue weighted by Gasteiger charge is -2.36. The number of methoxy groups -OCH3 is 2. The first-order valence-corrected chi connectivity index (χ1v) is 10.4. The molecule has 0 saturated heterocycles. The van der Waals surface area contributed by atoms with Gasteiger partial charge in [0.1, 0.15) is 11.9 Å². The van der Waals surface area contributed by atoms with E-state index in [2.05, 4.69) is 20.8 Å². The molecule has 0 bridgehead atoms. The van der Waals surface area contributed by atoms with Crippen LogP contribution < -0.4 is 4.74 Å². The summed E-state index contributed by atoms with van der Waals surface area (Å²) in [6.07, 6.45) is 3.50. The molecule has 28 heavy (non-hydrogen) atoms. The third-order valence-corrected chi connectivity index (χ3v) is 5.59. The van der Waals surface area contributed by atoms with Crippen LogP contribution >= 0.6 is 0 Å². The van der Waals surface area contributed by atoms with E-state index in [9.17, 15) is 4.79 Å². The minimum atomic E-state index is -0.291. The van der Waals surface area contributed by atoms with Crippen LogP contribution in [0.3, 0.4) is 0 Å². The summed E-state index contributed by atoms with van der Waals surface area (Å²) < 4.78 is 17.2. The molecule has 4 heteroatoms. The summed E-state index contributed by atoms with van der Waals surface area (Å²) in [5.74, 6) is 1.69. The average molecular weight is 389 g/mol. The van der Waals surface area contributed by atoms with Gasteiger partial charge in [-0.1, -0.05) is 44.9 Å². The molecule has 3 atom stereocenters. The Labute approximate surface area is 170 Å². The Morgan fingerprint density at radius 1 is 1.18 bits per heavy atom. The van der Waals surface area contributed by atoms with Crippen molar-refractivity contribution < 1.29 is 19.0 Å². The normalized spacial score (nSPS) is 24.5. The number of allylic oxidation sites excluding steroid dienone is 1. The Morgan fingerprint density at radius 3 is 2.43 bits per heavy atom. The van der Waals surface area contributed by atoms with Crippen LogP contribution in [-0.2, 0) is 20.9 Å². The van der Waals surface area contributed by atoms with Crippen LogP contribution in [0.15, 0.2) is 35.4 Å². The number of hydrogen-bond acceptors (Lipinski definition) is 4. The SMILES string of the molecule is COc1ccc(CO[C@@H]2C[C@@H](C)C(=O)C(=C(C)CCCC(C)C)[C@@H]2OC)cc1. The van der Waals surface area contributed by atoms with Crippen LogP contribution in [0.5, 0.6) is 5.75 Å². The van der Waals surface area contributed by atoms with Crippen LogP contribution in [0, 0.1) is 11.8 Å². The van der Waals surface area contributed by atoms with Gasteiger partial charge in [0.05, 0.1) is 19.8 Å². The Morgan fingerprint density at radius 2 is 1.86 bits per heavy atom. The van der Waals surface area contributed by atoms with E-state index in [4.69, 9.17) is 14.2 Å². The summed E-state index contributed by atoms with van der Waals surface area (Å²) in [6.45, 7) is 9.04. The third kappa shape index (κ3) is 5.92. The molecule has 4 nitrogen and oxygen atoms in total. The molecule has 1 aromatic rings. The Balaban J connectivity index is 2.11. The van der Waals surface area contributed by atoms with Crippen molar-refractivity contribution in [2.75, 3.05) is 14.2 Å². The molecule has 1 saturated carbocycles. The minimum Gasteiger partial charge on any atom is -0.497 e. The quantitative estimate of drug-likeness (QED) is 0.535. The van der Waals surface area contributed by atoms with Crippen molar-refractivity contribution in [2.45, 2.75) is 72.2 Å². The molecule has 1 fully saturated rings. The van der Waals surface area contributed by atoms with Crippen LogP contribution in [0.25, 0.3) is 0 Å². The molecular formula is C24H36O4. The van der Waals surface area contributed by atoms with E-state index < -0.39 is 0 Å². The van der Waals surface area contributed by atoms with Gasteiger partial charge in [0.15, 0.2) is 5.78 Å². The number of ketones is 1. The van der Waals surface area contributed by atoms with Gasteiger partial charge >= 0.3 is 0 Å². The number of ether oxygens (including phenoxy) is 3. The zero-order chi connectivity index (χ0) is 20.7. The second-order valence-electron chi connectivity index (χ2n) is 8.33. The summed E-state index contributed by atoms with van der Waals surface area (Å²) in [4.78, 5) is 12.9. The first-order valence-electron chi connectivity index (χ1n) is 10.4. The van der Waals surface area contributed by atoms with Crippen molar-refractivity contribution in [1.82, 2.24) is 0 Å². The van der Waals surface area contributed by atoms with Gasteiger partial charge in [-0.25, -0.2) is 0 Å². The fourth-order valence-electron chi connectivity index (χ4n) is 3.88. The molecule has 0 radical (unpaired) electrons. The summed E-state index contributed by atoms with van der Waals surface area (Å²) in [5.41, 5.74) is 3.08. The zero-order valence-electron chi connectivity index (χ0n) is 18.3. The molecule has 0 heterocycles. The van der Waals surface area contributed by atoms with E-state index in [0.29, 0.717) is 18.9 Å². The largest absolute Gasteiger partial charge is 0.497 e. The Kier molecular flexibility index (Phi) is 8.71. The third-order valence-electron chi connectivity index (χ3n) is 5.59. The van der Waals surface area contributed by atoms with Gasteiger partial charge in [-0.3, -0.25) is 4.79 Å². The van der Waals surface area contributed by atoms with Crippen LogP contribution in [0.4, 0.5) is 0 Å². The van der Waals surface area contributed by atoms with Crippen molar-refractivity contribution >= 4 is 5.78 Å². The monoisotopic (exact) mass is 388 g/mol. The van der Waals surface area contributed by atoms with Crippen molar-refractivity contribution in [2.24, 2.45) is 11.8 Å². The molecule has 0 spiro atoms. The number of carbonyl (C=O) groups is 1. The van der Waals surface area contributed by atoms with E-state index in [1.807, 2.05) is 31.2 Å². The van der Waals surface area contributed by atoms with Crippen molar-refractivity contribution in [3.63, 3.8) is 0 Å². The second-order valence-corrected chi connectivity index (χ2v) is 8.33. The van der Waals surface area contributed by atoms with Gasteiger partial charge < -0.3 is 14.2 Å². The van der Waals surface area contributed by atoms with E-state index in [-0.39, 0.29) is 23.9 Å². The lowest BCUT2D eigenvalue weighted by molar-refractivity contribution is -0.130. The summed E-state index contributed by atoms with van der Waals surface area (Å²) >= 11 is 0. The number of Topliss-reactive ketones (excluding diaryl/α,β-unsaturated/α-hetero) is 1.